The first-order valence-electron chi connectivity index (χ1n) is 7.75. The van der Waals surface area contributed by atoms with E-state index in [4.69, 9.17) is 4.74 Å². The monoisotopic (exact) mass is 344 g/mol. The molecule has 0 aromatic heterocycles. The van der Waals surface area contributed by atoms with Gasteiger partial charge in [0.15, 0.2) is 17.5 Å². The summed E-state index contributed by atoms with van der Waals surface area (Å²) in [5, 5.41) is 2.47. The number of hydrogen-bond donors (Lipinski definition) is 1. The van der Waals surface area contributed by atoms with Crippen LogP contribution < -0.4 is 5.32 Å². The Hall–Kier alpha value is -2.25. The fraction of sp³-hybridized carbons (Fsp3) is 0.500. The Labute approximate surface area is 137 Å². The number of rotatable bonds is 5. The third-order valence-corrected chi connectivity index (χ3v) is 3.93. The average Bonchev–Trinajstić information content (AvgIpc) is 2.59. The van der Waals surface area contributed by atoms with Crippen molar-refractivity contribution in [3.8, 4) is 0 Å². The maximum atomic E-state index is 13.5. The van der Waals surface area contributed by atoms with E-state index in [9.17, 15) is 22.8 Å². The molecular weight excluding hydrogens is 325 g/mol. The van der Waals surface area contributed by atoms with Crippen molar-refractivity contribution in [3.05, 3.63) is 29.6 Å². The molecule has 5 nitrogen and oxygen atoms in total. The summed E-state index contributed by atoms with van der Waals surface area (Å²) in [4.78, 5) is 25.3. The van der Waals surface area contributed by atoms with Gasteiger partial charge in [0.25, 0.3) is 0 Å². The number of amides is 1. The summed E-state index contributed by atoms with van der Waals surface area (Å²) in [5.74, 6) is -5.00. The molecule has 0 bridgehead atoms. The first kappa shape index (κ1) is 18.1. The minimum atomic E-state index is -1.58. The number of anilines is 1. The lowest BCUT2D eigenvalue weighted by atomic mass is 9.97. The molecule has 24 heavy (non-hydrogen) atoms. The lowest BCUT2D eigenvalue weighted by molar-refractivity contribution is -0.151. The van der Waals surface area contributed by atoms with Crippen LogP contribution >= 0.6 is 0 Å². The lowest BCUT2D eigenvalue weighted by Crippen LogP contribution is -2.43. The van der Waals surface area contributed by atoms with Gasteiger partial charge in [-0.25, -0.2) is 13.2 Å². The quantitative estimate of drug-likeness (QED) is 0.658. The molecule has 0 radical (unpaired) electrons. The van der Waals surface area contributed by atoms with Crippen LogP contribution in [0.5, 0.6) is 0 Å². The molecule has 1 aromatic carbocycles. The predicted molar refractivity (Wildman–Crippen MR) is 80.7 cm³/mol. The Kier molecular flexibility index (Phi) is 6.05. The number of halogens is 3. The number of hydrogen-bond acceptors (Lipinski definition) is 4. The van der Waals surface area contributed by atoms with Crippen LogP contribution in [-0.2, 0) is 14.3 Å². The molecular formula is C16H19F3N2O3. The summed E-state index contributed by atoms with van der Waals surface area (Å²) in [6, 6.07) is 1.82. The molecule has 1 saturated heterocycles. The van der Waals surface area contributed by atoms with Crippen LogP contribution in [0.25, 0.3) is 0 Å². The van der Waals surface area contributed by atoms with Crippen molar-refractivity contribution in [1.29, 1.82) is 0 Å². The van der Waals surface area contributed by atoms with Crippen LogP contribution in [0.1, 0.15) is 19.8 Å². The van der Waals surface area contributed by atoms with Gasteiger partial charge in [-0.2, -0.15) is 0 Å². The molecule has 1 amide bonds. The van der Waals surface area contributed by atoms with Crippen LogP contribution in [0, 0.1) is 23.4 Å². The third-order valence-electron chi connectivity index (χ3n) is 3.93. The van der Waals surface area contributed by atoms with Gasteiger partial charge in [0, 0.05) is 13.1 Å². The zero-order valence-corrected chi connectivity index (χ0v) is 13.3. The van der Waals surface area contributed by atoms with E-state index in [0.29, 0.717) is 32.5 Å². The Bertz CT molecular complexity index is 617. The second-order valence-electron chi connectivity index (χ2n) is 5.48. The summed E-state index contributed by atoms with van der Waals surface area (Å²) in [7, 11) is 0. The van der Waals surface area contributed by atoms with Crippen molar-refractivity contribution in [2.45, 2.75) is 19.8 Å². The van der Waals surface area contributed by atoms with Crippen molar-refractivity contribution >= 4 is 17.6 Å². The topological polar surface area (TPSA) is 58.6 Å². The number of benzene rings is 1. The maximum Gasteiger partial charge on any atom is 0.309 e. The number of piperidine rings is 1. The van der Waals surface area contributed by atoms with Crippen LogP contribution in [0.2, 0.25) is 0 Å². The minimum absolute atomic E-state index is 0.217. The smallest absolute Gasteiger partial charge is 0.309 e. The van der Waals surface area contributed by atoms with E-state index in [-0.39, 0.29) is 30.0 Å². The number of ether oxygens (including phenoxy) is 1. The van der Waals surface area contributed by atoms with Crippen molar-refractivity contribution in [1.82, 2.24) is 4.90 Å². The summed E-state index contributed by atoms with van der Waals surface area (Å²) < 4.78 is 44.4. The Morgan fingerprint density at radius 3 is 2.50 bits per heavy atom. The number of carbonyl (C=O) groups is 2. The van der Waals surface area contributed by atoms with Crippen LogP contribution in [-0.4, -0.2) is 43.0 Å². The van der Waals surface area contributed by atoms with Gasteiger partial charge in [-0.1, -0.05) is 0 Å². The van der Waals surface area contributed by atoms with Crippen molar-refractivity contribution in [2.24, 2.45) is 5.92 Å². The molecule has 0 spiro atoms. The standard InChI is InChI=1S/C16H19F3N2O3/c1-2-24-16(23)10-5-7-21(8-6-10)13(22)9-20-12-4-3-11(17)14(18)15(12)19/h3-4,10,20H,2,5-9H2,1H3. The van der Waals surface area contributed by atoms with E-state index in [1.807, 2.05) is 0 Å². The van der Waals surface area contributed by atoms with Crippen molar-refractivity contribution in [3.63, 3.8) is 0 Å². The Morgan fingerprint density at radius 1 is 1.21 bits per heavy atom. The highest BCUT2D eigenvalue weighted by Gasteiger charge is 2.28. The van der Waals surface area contributed by atoms with Gasteiger partial charge in [-0.3, -0.25) is 9.59 Å². The fourth-order valence-electron chi connectivity index (χ4n) is 2.57. The van der Waals surface area contributed by atoms with E-state index >= 15 is 0 Å². The van der Waals surface area contributed by atoms with E-state index in [1.54, 1.807) is 11.8 Å². The van der Waals surface area contributed by atoms with Crippen LogP contribution in [0.15, 0.2) is 12.1 Å². The molecule has 0 aliphatic carbocycles. The van der Waals surface area contributed by atoms with E-state index in [0.717, 1.165) is 12.1 Å². The molecule has 0 saturated carbocycles. The highest BCUT2D eigenvalue weighted by Crippen LogP contribution is 2.21. The average molecular weight is 344 g/mol. The molecule has 132 valence electrons. The van der Waals surface area contributed by atoms with Gasteiger partial charge in [0.1, 0.15) is 0 Å². The number of nitrogens with one attached hydrogen (secondary N) is 1. The predicted octanol–water partition coefficient (Wildman–Crippen LogP) is 2.32. The molecule has 1 aliphatic rings. The summed E-state index contributed by atoms with van der Waals surface area (Å²) in [6.07, 6.45) is 1.01. The minimum Gasteiger partial charge on any atom is -0.466 e. The van der Waals surface area contributed by atoms with Crippen molar-refractivity contribution in [2.75, 3.05) is 31.6 Å². The number of esters is 1. The fourth-order valence-corrected chi connectivity index (χ4v) is 2.57. The largest absolute Gasteiger partial charge is 0.466 e. The molecule has 0 atom stereocenters. The lowest BCUT2D eigenvalue weighted by Gasteiger charge is -2.31. The number of nitrogens with zero attached hydrogens (tertiary/aromatic N) is 1. The van der Waals surface area contributed by atoms with E-state index in [2.05, 4.69) is 5.32 Å². The second kappa shape index (κ2) is 8.03. The molecule has 0 unspecified atom stereocenters. The first-order chi connectivity index (χ1) is 11.4. The molecule has 1 aromatic rings. The van der Waals surface area contributed by atoms with Gasteiger partial charge in [0.2, 0.25) is 5.91 Å². The number of carbonyl (C=O) groups excluding carboxylic acids is 2. The summed E-state index contributed by atoms with van der Waals surface area (Å²) in [6.45, 7) is 2.60. The highest BCUT2D eigenvalue weighted by atomic mass is 19.2. The SMILES string of the molecule is CCOC(=O)C1CCN(C(=O)CNc2ccc(F)c(F)c2F)CC1. The normalized spacial score (nSPS) is 15.2. The molecule has 2 rings (SSSR count). The van der Waals surface area contributed by atoms with Crippen LogP contribution in [0.4, 0.5) is 18.9 Å². The summed E-state index contributed by atoms with van der Waals surface area (Å²) >= 11 is 0. The first-order valence-corrected chi connectivity index (χ1v) is 7.75. The van der Waals surface area contributed by atoms with Gasteiger partial charge < -0.3 is 15.0 Å². The van der Waals surface area contributed by atoms with E-state index < -0.39 is 17.5 Å². The van der Waals surface area contributed by atoms with Crippen molar-refractivity contribution < 1.29 is 27.5 Å². The number of likely N-dealkylation sites (tertiary alicyclic amines) is 1. The third kappa shape index (κ3) is 4.18. The highest BCUT2D eigenvalue weighted by molar-refractivity contribution is 5.81. The summed E-state index contributed by atoms with van der Waals surface area (Å²) in [5.41, 5.74) is -0.274. The Morgan fingerprint density at radius 2 is 1.88 bits per heavy atom. The Balaban J connectivity index is 1.84. The molecule has 1 fully saturated rings. The molecule has 1 heterocycles. The molecule has 1 N–H and O–H groups in total. The second-order valence-corrected chi connectivity index (χ2v) is 5.48. The molecule has 8 heteroatoms. The van der Waals surface area contributed by atoms with E-state index in [1.165, 1.54) is 0 Å². The zero-order chi connectivity index (χ0) is 17.7. The van der Waals surface area contributed by atoms with Gasteiger partial charge >= 0.3 is 5.97 Å². The van der Waals surface area contributed by atoms with Gasteiger partial charge in [-0.15, -0.1) is 0 Å². The molecule has 1 aliphatic heterocycles. The van der Waals surface area contributed by atoms with Gasteiger partial charge in [-0.05, 0) is 31.9 Å². The van der Waals surface area contributed by atoms with Crippen LogP contribution in [0.3, 0.4) is 0 Å². The zero-order valence-electron chi connectivity index (χ0n) is 13.3. The maximum absolute atomic E-state index is 13.5. The van der Waals surface area contributed by atoms with Gasteiger partial charge in [0.05, 0.1) is 24.8 Å².